The van der Waals surface area contributed by atoms with Crippen molar-refractivity contribution in [1.29, 1.82) is 5.26 Å². The SMILES string of the molecule is CCOc1cc(-c2ccc(N3CC4CC(C3)N4C(=O)[C@@H](c3cccc(Cl)c3)N(C)C)nc2)c2c(C#N)cnn2c1. The molecule has 40 heavy (non-hydrogen) atoms. The van der Waals surface area contributed by atoms with Crippen LogP contribution in [0.2, 0.25) is 5.02 Å². The zero-order chi connectivity index (χ0) is 28.0. The summed E-state index contributed by atoms with van der Waals surface area (Å²) >= 11 is 6.24. The van der Waals surface area contributed by atoms with Crippen LogP contribution < -0.4 is 9.64 Å². The molecule has 3 saturated heterocycles. The number of carbonyl (C=O) groups is 1. The van der Waals surface area contributed by atoms with Crippen molar-refractivity contribution in [1.82, 2.24) is 24.4 Å². The lowest BCUT2D eigenvalue weighted by Gasteiger charge is -2.57. The van der Waals surface area contributed by atoms with E-state index < -0.39 is 0 Å². The second kappa shape index (κ2) is 10.5. The van der Waals surface area contributed by atoms with E-state index in [2.05, 4.69) is 21.0 Å². The number of aromatic nitrogens is 3. The van der Waals surface area contributed by atoms with Crippen molar-refractivity contribution in [2.45, 2.75) is 31.5 Å². The molecule has 2 bridgehead atoms. The molecule has 1 aromatic carbocycles. The van der Waals surface area contributed by atoms with Crippen LogP contribution in [-0.4, -0.2) is 76.2 Å². The van der Waals surface area contributed by atoms with Crippen molar-refractivity contribution in [3.63, 3.8) is 0 Å². The number of rotatable bonds is 7. The van der Waals surface area contributed by atoms with E-state index in [1.165, 1.54) is 0 Å². The van der Waals surface area contributed by atoms with Gasteiger partial charge in [0.2, 0.25) is 5.91 Å². The Kier molecular flexibility index (Phi) is 6.82. The highest BCUT2D eigenvalue weighted by Crippen LogP contribution is 2.38. The van der Waals surface area contributed by atoms with Crippen LogP contribution in [0.1, 0.15) is 30.5 Å². The quantitative estimate of drug-likeness (QED) is 0.333. The first kappa shape index (κ1) is 26.1. The summed E-state index contributed by atoms with van der Waals surface area (Å²) in [5, 5.41) is 14.6. The second-order valence-corrected chi connectivity index (χ2v) is 10.9. The van der Waals surface area contributed by atoms with Gasteiger partial charge < -0.3 is 14.5 Å². The maximum atomic E-state index is 13.7. The Hall–Kier alpha value is -4.13. The monoisotopic (exact) mass is 555 g/mol. The molecule has 6 heterocycles. The molecule has 10 heteroatoms. The summed E-state index contributed by atoms with van der Waals surface area (Å²) in [6.07, 6.45) is 6.18. The first-order valence-corrected chi connectivity index (χ1v) is 13.8. The summed E-state index contributed by atoms with van der Waals surface area (Å²) in [4.78, 5) is 24.8. The minimum absolute atomic E-state index is 0.115. The third kappa shape index (κ3) is 4.53. The molecule has 4 aromatic rings. The van der Waals surface area contributed by atoms with Crippen molar-refractivity contribution in [3.8, 4) is 22.9 Å². The van der Waals surface area contributed by atoms with Gasteiger partial charge in [-0.05, 0) is 63.3 Å². The van der Waals surface area contributed by atoms with Crippen LogP contribution in [0.5, 0.6) is 5.75 Å². The number of anilines is 1. The number of nitriles is 1. The molecule has 3 atom stereocenters. The predicted molar refractivity (Wildman–Crippen MR) is 153 cm³/mol. The molecule has 3 aliphatic rings. The standard InChI is InChI=1S/C30H30ClN7O2/c1-4-40-25-12-26(28-21(13-32)15-34-37(28)18-25)20-8-9-27(33-14-20)36-16-23-11-24(17-36)38(23)30(39)29(35(2)3)19-6-5-7-22(31)10-19/h5-10,12,14-15,18,23-24,29H,4,11,16-17H2,1-3H3/t23?,24?,29-/m1/s1. The minimum atomic E-state index is -0.376. The van der Waals surface area contributed by atoms with E-state index in [4.69, 9.17) is 21.3 Å². The molecular weight excluding hydrogens is 526 g/mol. The smallest absolute Gasteiger partial charge is 0.245 e. The Labute approximate surface area is 238 Å². The Morgan fingerprint density at radius 2 is 2.00 bits per heavy atom. The van der Waals surface area contributed by atoms with Crippen molar-refractivity contribution in [2.75, 3.05) is 38.7 Å². The number of carbonyl (C=O) groups excluding carboxylic acids is 1. The van der Waals surface area contributed by atoms with Gasteiger partial charge in [-0.2, -0.15) is 10.4 Å². The summed E-state index contributed by atoms with van der Waals surface area (Å²) in [6.45, 7) is 3.92. The zero-order valence-electron chi connectivity index (χ0n) is 22.7. The average Bonchev–Trinajstić information content (AvgIpc) is 3.36. The van der Waals surface area contributed by atoms with Gasteiger partial charge in [-0.3, -0.25) is 9.69 Å². The number of hydrogen-bond acceptors (Lipinski definition) is 7. The number of likely N-dealkylation sites (N-methyl/N-ethyl adjacent to an activating group) is 1. The van der Waals surface area contributed by atoms with Gasteiger partial charge in [0, 0.05) is 35.4 Å². The van der Waals surface area contributed by atoms with E-state index in [1.54, 1.807) is 16.9 Å². The van der Waals surface area contributed by atoms with E-state index in [-0.39, 0.29) is 24.0 Å². The fourth-order valence-corrected chi connectivity index (χ4v) is 6.21. The number of benzene rings is 1. The number of piperazine rings is 1. The molecule has 7 rings (SSSR count). The molecular formula is C30H30ClN7O2. The molecule has 0 N–H and O–H groups in total. The summed E-state index contributed by atoms with van der Waals surface area (Å²) in [7, 11) is 3.86. The molecule has 0 aliphatic carbocycles. The number of nitrogens with zero attached hydrogens (tertiary/aromatic N) is 7. The molecule has 9 nitrogen and oxygen atoms in total. The third-order valence-electron chi connectivity index (χ3n) is 7.76. The molecule has 3 fully saturated rings. The topological polar surface area (TPSA) is 90.0 Å². The van der Waals surface area contributed by atoms with Crippen LogP contribution >= 0.6 is 11.6 Å². The molecule has 0 saturated carbocycles. The number of amides is 1. The lowest BCUT2D eigenvalue weighted by atomic mass is 9.85. The highest BCUT2D eigenvalue weighted by atomic mass is 35.5. The average molecular weight is 556 g/mol. The lowest BCUT2D eigenvalue weighted by molar-refractivity contribution is -0.151. The van der Waals surface area contributed by atoms with E-state index >= 15 is 0 Å². The van der Waals surface area contributed by atoms with E-state index in [9.17, 15) is 10.1 Å². The van der Waals surface area contributed by atoms with E-state index in [0.717, 1.165) is 47.5 Å². The van der Waals surface area contributed by atoms with Crippen LogP contribution in [0.3, 0.4) is 0 Å². The van der Waals surface area contributed by atoms with Crippen molar-refractivity contribution >= 4 is 28.8 Å². The Morgan fingerprint density at radius 3 is 2.65 bits per heavy atom. The van der Waals surface area contributed by atoms with Gasteiger partial charge in [-0.15, -0.1) is 0 Å². The van der Waals surface area contributed by atoms with Gasteiger partial charge in [0.1, 0.15) is 23.7 Å². The predicted octanol–water partition coefficient (Wildman–Crippen LogP) is 4.41. The van der Waals surface area contributed by atoms with Gasteiger partial charge in [-0.1, -0.05) is 23.7 Å². The molecule has 204 valence electrons. The van der Waals surface area contributed by atoms with Crippen LogP contribution in [-0.2, 0) is 4.79 Å². The number of hydrogen-bond donors (Lipinski definition) is 0. The summed E-state index contributed by atoms with van der Waals surface area (Å²) in [6, 6.07) is 15.6. The van der Waals surface area contributed by atoms with Crippen LogP contribution in [0.25, 0.3) is 16.6 Å². The number of piperidine rings is 1. The number of pyridine rings is 2. The van der Waals surface area contributed by atoms with Gasteiger partial charge in [0.15, 0.2) is 0 Å². The van der Waals surface area contributed by atoms with Crippen molar-refractivity contribution in [3.05, 3.63) is 77.2 Å². The number of ether oxygens (including phenoxy) is 1. The summed E-state index contributed by atoms with van der Waals surface area (Å²) in [5.41, 5.74) is 3.84. The van der Waals surface area contributed by atoms with Crippen LogP contribution in [0, 0.1) is 11.3 Å². The number of fused-ring (bicyclic) bond motifs is 3. The van der Waals surface area contributed by atoms with Crippen molar-refractivity contribution in [2.24, 2.45) is 0 Å². The van der Waals surface area contributed by atoms with Gasteiger partial charge in [-0.25, -0.2) is 9.50 Å². The van der Waals surface area contributed by atoms with Gasteiger partial charge >= 0.3 is 0 Å². The first-order valence-electron chi connectivity index (χ1n) is 13.4. The highest BCUT2D eigenvalue weighted by molar-refractivity contribution is 6.30. The van der Waals surface area contributed by atoms with Crippen LogP contribution in [0.15, 0.2) is 61.1 Å². The third-order valence-corrected chi connectivity index (χ3v) is 8.00. The second-order valence-electron chi connectivity index (χ2n) is 10.5. The lowest BCUT2D eigenvalue weighted by Crippen LogP contribution is -2.71. The van der Waals surface area contributed by atoms with E-state index in [0.29, 0.717) is 22.9 Å². The van der Waals surface area contributed by atoms with E-state index in [1.807, 2.05) is 74.6 Å². The Balaban J connectivity index is 1.21. The fraction of sp³-hybridized carbons (Fsp3) is 0.333. The molecule has 0 radical (unpaired) electrons. The maximum Gasteiger partial charge on any atom is 0.245 e. The van der Waals surface area contributed by atoms with Gasteiger partial charge in [0.25, 0.3) is 0 Å². The zero-order valence-corrected chi connectivity index (χ0v) is 23.4. The summed E-state index contributed by atoms with van der Waals surface area (Å²) in [5.74, 6) is 1.66. The first-order chi connectivity index (χ1) is 19.4. The van der Waals surface area contributed by atoms with Crippen molar-refractivity contribution < 1.29 is 9.53 Å². The molecule has 2 unspecified atom stereocenters. The number of halogens is 1. The maximum absolute atomic E-state index is 13.7. The Bertz CT molecular complexity index is 1600. The van der Waals surface area contributed by atoms with Crippen LogP contribution in [0.4, 0.5) is 5.82 Å². The fourth-order valence-electron chi connectivity index (χ4n) is 6.01. The highest BCUT2D eigenvalue weighted by Gasteiger charge is 2.49. The normalized spacial score (nSPS) is 18.9. The Morgan fingerprint density at radius 1 is 1.20 bits per heavy atom. The molecule has 3 aliphatic heterocycles. The van der Waals surface area contributed by atoms with Gasteiger partial charge in [0.05, 0.1) is 42.2 Å². The minimum Gasteiger partial charge on any atom is -0.492 e. The largest absolute Gasteiger partial charge is 0.492 e. The molecule has 3 aromatic heterocycles. The summed E-state index contributed by atoms with van der Waals surface area (Å²) < 4.78 is 7.42. The molecule has 1 amide bonds. The molecule has 0 spiro atoms.